The van der Waals surface area contributed by atoms with Crippen LogP contribution in [0.3, 0.4) is 0 Å². The highest BCUT2D eigenvalue weighted by atomic mass is 15.2. The summed E-state index contributed by atoms with van der Waals surface area (Å²) in [5.74, 6) is 0. The molecule has 1 aromatic heterocycles. The Balaban J connectivity index is 1.60. The minimum Gasteiger partial charge on any atom is -0.354 e. The second kappa shape index (κ2) is 6.22. The molecule has 0 saturated heterocycles. The van der Waals surface area contributed by atoms with Crippen molar-refractivity contribution in [3.8, 4) is 0 Å². The lowest BCUT2D eigenvalue weighted by molar-refractivity contribution is 0.321. The predicted octanol–water partition coefficient (Wildman–Crippen LogP) is 2.08. The van der Waals surface area contributed by atoms with Gasteiger partial charge in [-0.3, -0.25) is 0 Å². The first-order valence-electron chi connectivity index (χ1n) is 6.85. The number of nitrogens with zero attached hydrogens (tertiary/aromatic N) is 2. The second-order valence-corrected chi connectivity index (χ2v) is 5.15. The molecule has 0 unspecified atom stereocenters. The van der Waals surface area contributed by atoms with Crippen LogP contribution in [0.2, 0.25) is 0 Å². The summed E-state index contributed by atoms with van der Waals surface area (Å²) >= 11 is 0. The summed E-state index contributed by atoms with van der Waals surface area (Å²) in [5.41, 5.74) is 1.40. The molecule has 0 amide bonds. The van der Waals surface area contributed by atoms with Gasteiger partial charge in [-0.2, -0.15) is 0 Å². The first-order valence-corrected chi connectivity index (χ1v) is 6.85. The van der Waals surface area contributed by atoms with Crippen molar-refractivity contribution in [1.29, 1.82) is 0 Å². The summed E-state index contributed by atoms with van der Waals surface area (Å²) in [4.78, 5) is 2.47. The van der Waals surface area contributed by atoms with E-state index in [0.29, 0.717) is 0 Å². The van der Waals surface area contributed by atoms with Crippen LogP contribution in [0.5, 0.6) is 0 Å². The molecule has 0 radical (unpaired) electrons. The quantitative estimate of drug-likeness (QED) is 0.696. The maximum absolute atomic E-state index is 3.52. The average molecular weight is 235 g/mol. The molecule has 1 aliphatic carbocycles. The normalized spacial score (nSPS) is 15.7. The molecule has 2 rings (SSSR count). The average Bonchev–Trinajstić information content (AvgIpc) is 3.08. The summed E-state index contributed by atoms with van der Waals surface area (Å²) in [7, 11) is 2.23. The molecule has 0 spiro atoms. The Hall–Kier alpha value is -0.800. The van der Waals surface area contributed by atoms with Gasteiger partial charge in [0.05, 0.1) is 0 Å². The number of nitrogens with one attached hydrogen (secondary N) is 1. The topological polar surface area (TPSA) is 20.2 Å². The van der Waals surface area contributed by atoms with Crippen molar-refractivity contribution in [3.63, 3.8) is 0 Å². The van der Waals surface area contributed by atoms with Crippen LogP contribution in [0.1, 0.15) is 31.7 Å². The number of aryl methyl sites for hydroxylation is 1. The zero-order chi connectivity index (χ0) is 12.1. The van der Waals surface area contributed by atoms with E-state index < -0.39 is 0 Å². The second-order valence-electron chi connectivity index (χ2n) is 5.15. The maximum atomic E-state index is 3.52. The summed E-state index contributed by atoms with van der Waals surface area (Å²) in [6.07, 6.45) is 8.43. The van der Waals surface area contributed by atoms with E-state index in [2.05, 4.69) is 47.2 Å². The SMILES string of the molecule is CCCn1ccc(CNCCN(C)C2CC2)c1. The Bertz CT molecular complexity index is 328. The molecule has 3 nitrogen and oxygen atoms in total. The first-order chi connectivity index (χ1) is 8.29. The molecule has 3 heteroatoms. The van der Waals surface area contributed by atoms with Crippen LogP contribution < -0.4 is 5.32 Å². The summed E-state index contributed by atoms with van der Waals surface area (Å²) in [6, 6.07) is 3.09. The number of aromatic nitrogens is 1. The summed E-state index contributed by atoms with van der Waals surface area (Å²) in [5, 5.41) is 3.52. The largest absolute Gasteiger partial charge is 0.354 e. The van der Waals surface area contributed by atoms with Crippen molar-refractivity contribution >= 4 is 0 Å². The van der Waals surface area contributed by atoms with Crippen LogP contribution in [0, 0.1) is 0 Å². The van der Waals surface area contributed by atoms with E-state index in [9.17, 15) is 0 Å². The van der Waals surface area contributed by atoms with Gasteiger partial charge in [-0.05, 0) is 37.9 Å². The molecular weight excluding hydrogens is 210 g/mol. The third-order valence-electron chi connectivity index (χ3n) is 3.43. The zero-order valence-corrected chi connectivity index (χ0v) is 11.2. The highest BCUT2D eigenvalue weighted by Gasteiger charge is 2.25. The number of rotatable bonds is 8. The molecule has 0 aromatic carbocycles. The van der Waals surface area contributed by atoms with E-state index in [-0.39, 0.29) is 0 Å². The Morgan fingerprint density at radius 1 is 1.47 bits per heavy atom. The maximum Gasteiger partial charge on any atom is 0.0221 e. The minimum atomic E-state index is 0.877. The van der Waals surface area contributed by atoms with Crippen LogP contribution in [0.4, 0.5) is 0 Å². The summed E-state index contributed by atoms with van der Waals surface area (Å²) < 4.78 is 2.27. The number of hydrogen-bond donors (Lipinski definition) is 1. The lowest BCUT2D eigenvalue weighted by Crippen LogP contribution is -2.30. The van der Waals surface area contributed by atoms with Crippen LogP contribution in [0.15, 0.2) is 18.5 Å². The lowest BCUT2D eigenvalue weighted by atomic mass is 10.3. The van der Waals surface area contributed by atoms with E-state index in [1.165, 1.54) is 31.4 Å². The third kappa shape index (κ3) is 4.17. The van der Waals surface area contributed by atoms with E-state index in [0.717, 1.165) is 25.7 Å². The van der Waals surface area contributed by atoms with Crippen molar-refractivity contribution in [2.24, 2.45) is 0 Å². The molecular formula is C14H25N3. The minimum absolute atomic E-state index is 0.877. The van der Waals surface area contributed by atoms with E-state index in [4.69, 9.17) is 0 Å². The molecule has 1 fully saturated rings. The van der Waals surface area contributed by atoms with Crippen LogP contribution >= 0.6 is 0 Å². The van der Waals surface area contributed by atoms with Gasteiger partial charge in [-0.1, -0.05) is 6.92 Å². The van der Waals surface area contributed by atoms with Crippen molar-refractivity contribution in [3.05, 3.63) is 24.0 Å². The standard InChI is InChI=1S/C14H25N3/c1-3-8-17-9-6-13(12-17)11-15-7-10-16(2)14-4-5-14/h6,9,12,14-15H,3-5,7-8,10-11H2,1-2H3. The van der Waals surface area contributed by atoms with Crippen molar-refractivity contribution in [1.82, 2.24) is 14.8 Å². The summed E-state index contributed by atoms with van der Waals surface area (Å²) in [6.45, 7) is 6.59. The van der Waals surface area contributed by atoms with Crippen LogP contribution in [-0.2, 0) is 13.1 Å². The molecule has 0 aliphatic heterocycles. The fourth-order valence-electron chi connectivity index (χ4n) is 2.18. The van der Waals surface area contributed by atoms with Gasteiger partial charge in [0.1, 0.15) is 0 Å². The van der Waals surface area contributed by atoms with Gasteiger partial charge < -0.3 is 14.8 Å². The molecule has 1 heterocycles. The Labute approximate surface area is 105 Å². The highest BCUT2D eigenvalue weighted by Crippen LogP contribution is 2.24. The molecule has 1 N–H and O–H groups in total. The molecule has 1 aromatic rings. The molecule has 1 saturated carbocycles. The zero-order valence-electron chi connectivity index (χ0n) is 11.2. The lowest BCUT2D eigenvalue weighted by Gasteiger charge is -2.15. The van der Waals surface area contributed by atoms with Crippen LogP contribution in [-0.4, -0.2) is 35.6 Å². The monoisotopic (exact) mass is 235 g/mol. The Kier molecular flexibility index (Phi) is 4.63. The van der Waals surface area contributed by atoms with E-state index >= 15 is 0 Å². The predicted molar refractivity (Wildman–Crippen MR) is 72.1 cm³/mol. The Morgan fingerprint density at radius 2 is 2.29 bits per heavy atom. The van der Waals surface area contributed by atoms with E-state index in [1.807, 2.05) is 0 Å². The molecule has 0 bridgehead atoms. The van der Waals surface area contributed by atoms with Gasteiger partial charge in [0.15, 0.2) is 0 Å². The smallest absolute Gasteiger partial charge is 0.0221 e. The van der Waals surface area contributed by atoms with E-state index in [1.54, 1.807) is 0 Å². The van der Waals surface area contributed by atoms with Crippen molar-refractivity contribution in [2.75, 3.05) is 20.1 Å². The highest BCUT2D eigenvalue weighted by molar-refractivity contribution is 5.09. The molecule has 0 atom stereocenters. The van der Waals surface area contributed by atoms with Crippen LogP contribution in [0.25, 0.3) is 0 Å². The van der Waals surface area contributed by atoms with Gasteiger partial charge >= 0.3 is 0 Å². The van der Waals surface area contributed by atoms with Gasteiger partial charge in [0.25, 0.3) is 0 Å². The van der Waals surface area contributed by atoms with Gasteiger partial charge in [0, 0.05) is 44.6 Å². The van der Waals surface area contributed by atoms with Crippen molar-refractivity contribution in [2.45, 2.75) is 45.3 Å². The number of hydrogen-bond acceptors (Lipinski definition) is 2. The Morgan fingerprint density at radius 3 is 3.00 bits per heavy atom. The van der Waals surface area contributed by atoms with Gasteiger partial charge in [-0.25, -0.2) is 0 Å². The van der Waals surface area contributed by atoms with Gasteiger partial charge in [0.2, 0.25) is 0 Å². The first kappa shape index (κ1) is 12.7. The fraction of sp³-hybridized carbons (Fsp3) is 0.714. The molecule has 96 valence electrons. The molecule has 1 aliphatic rings. The van der Waals surface area contributed by atoms with Crippen molar-refractivity contribution < 1.29 is 0 Å². The fourth-order valence-corrected chi connectivity index (χ4v) is 2.18. The number of likely N-dealkylation sites (N-methyl/N-ethyl adjacent to an activating group) is 1. The molecule has 17 heavy (non-hydrogen) atoms. The third-order valence-corrected chi connectivity index (χ3v) is 3.43. The van der Waals surface area contributed by atoms with Gasteiger partial charge in [-0.15, -0.1) is 0 Å².